The molecule has 0 aliphatic carbocycles. The van der Waals surface area contributed by atoms with E-state index in [1.807, 2.05) is 0 Å². The van der Waals surface area contributed by atoms with Crippen LogP contribution in [0.4, 0.5) is 0 Å². The number of hydrogen-bond donors (Lipinski definition) is 0. The van der Waals surface area contributed by atoms with Crippen LogP contribution in [-0.4, -0.2) is 33.8 Å². The Morgan fingerprint density at radius 1 is 1.46 bits per heavy atom. The lowest BCUT2D eigenvalue weighted by molar-refractivity contribution is 0.594. The molecule has 0 amide bonds. The zero-order valence-corrected chi connectivity index (χ0v) is 7.56. The second-order valence-corrected chi connectivity index (χ2v) is 4.40. The van der Waals surface area contributed by atoms with E-state index in [9.17, 15) is 8.42 Å². The van der Waals surface area contributed by atoms with Gasteiger partial charge in [-0.3, -0.25) is 0 Å². The molecule has 0 saturated heterocycles. The maximum Gasteiger partial charge on any atom is 0.238 e. The fourth-order valence-corrected chi connectivity index (χ4v) is 1.65. The number of fused-ring (bicyclic) bond motifs is 1. The van der Waals surface area contributed by atoms with Crippen molar-refractivity contribution in [1.29, 1.82) is 0 Å². The van der Waals surface area contributed by atoms with Crippen molar-refractivity contribution in [2.24, 2.45) is 0 Å². The van der Waals surface area contributed by atoms with Crippen molar-refractivity contribution in [2.75, 3.05) is 6.26 Å². The monoisotopic (exact) mass is 198 g/mol. The van der Waals surface area contributed by atoms with Gasteiger partial charge in [0.25, 0.3) is 0 Å². The molecule has 0 unspecified atom stereocenters. The molecule has 0 atom stereocenters. The molecule has 0 fully saturated rings. The Bertz CT molecular complexity index is 545. The summed E-state index contributed by atoms with van der Waals surface area (Å²) in [7, 11) is -3.33. The Morgan fingerprint density at radius 3 is 2.92 bits per heavy atom. The fraction of sp³-hybridized carbons (Fsp3) is 0.167. The molecule has 0 aromatic carbocycles. The number of nitrogens with zero attached hydrogens (tertiary/aromatic N) is 4. The highest BCUT2D eigenvalue weighted by Gasteiger charge is 2.11. The van der Waals surface area contributed by atoms with E-state index in [4.69, 9.17) is 0 Å². The van der Waals surface area contributed by atoms with Gasteiger partial charge in [-0.2, -0.15) is 5.10 Å². The van der Waals surface area contributed by atoms with Crippen LogP contribution in [0.1, 0.15) is 0 Å². The number of aromatic nitrogens is 4. The second-order valence-electron chi connectivity index (χ2n) is 2.54. The molecule has 0 radical (unpaired) electrons. The molecule has 0 N–H and O–H groups in total. The minimum atomic E-state index is -3.33. The van der Waals surface area contributed by atoms with E-state index < -0.39 is 10.0 Å². The number of hydrogen-bond acceptors (Lipinski definition) is 5. The van der Waals surface area contributed by atoms with E-state index in [0.717, 1.165) is 10.2 Å². The molecule has 2 aromatic heterocycles. The molecular weight excluding hydrogens is 192 g/mol. The Hall–Kier alpha value is -1.50. The zero-order valence-electron chi connectivity index (χ0n) is 6.75. The molecule has 0 aliphatic rings. The van der Waals surface area contributed by atoms with Crippen LogP contribution < -0.4 is 0 Å². The van der Waals surface area contributed by atoms with Crippen molar-refractivity contribution in [3.8, 4) is 0 Å². The Labute approximate surface area is 74.3 Å². The predicted molar refractivity (Wildman–Crippen MR) is 45.6 cm³/mol. The van der Waals surface area contributed by atoms with Crippen LogP contribution >= 0.6 is 0 Å². The van der Waals surface area contributed by atoms with E-state index in [1.165, 1.54) is 12.5 Å². The first-order chi connectivity index (χ1) is 6.09. The summed E-state index contributed by atoms with van der Waals surface area (Å²) in [5.74, 6) is 0. The molecule has 0 aliphatic heterocycles. The van der Waals surface area contributed by atoms with Crippen LogP contribution in [0.15, 0.2) is 18.6 Å². The Kier molecular flexibility index (Phi) is 1.56. The molecule has 7 heteroatoms. The van der Waals surface area contributed by atoms with Crippen LogP contribution in [0.25, 0.3) is 11.2 Å². The summed E-state index contributed by atoms with van der Waals surface area (Å²) in [6.45, 7) is 0. The van der Waals surface area contributed by atoms with Gasteiger partial charge < -0.3 is 0 Å². The van der Waals surface area contributed by atoms with Crippen molar-refractivity contribution in [3.05, 3.63) is 18.6 Å². The number of rotatable bonds is 1. The lowest BCUT2D eigenvalue weighted by atomic mass is 10.5. The van der Waals surface area contributed by atoms with Gasteiger partial charge in [-0.15, -0.1) is 5.10 Å². The summed E-state index contributed by atoms with van der Waals surface area (Å²) in [4.78, 5) is 3.87. The van der Waals surface area contributed by atoms with E-state index in [0.29, 0.717) is 5.52 Å². The van der Waals surface area contributed by atoms with Crippen molar-refractivity contribution in [3.63, 3.8) is 0 Å². The number of imidazole rings is 1. The third kappa shape index (κ3) is 1.26. The summed E-state index contributed by atoms with van der Waals surface area (Å²) in [5, 5.41) is 7.26. The minimum Gasteiger partial charge on any atom is -0.234 e. The molecule has 13 heavy (non-hydrogen) atoms. The summed E-state index contributed by atoms with van der Waals surface area (Å²) in [6.07, 6.45) is 3.76. The third-order valence-corrected chi connectivity index (χ3v) is 2.53. The van der Waals surface area contributed by atoms with Gasteiger partial charge in [0.05, 0.1) is 12.5 Å². The smallest absolute Gasteiger partial charge is 0.234 e. The largest absolute Gasteiger partial charge is 0.238 e. The van der Waals surface area contributed by atoms with Gasteiger partial charge in [-0.05, 0) is 6.07 Å². The van der Waals surface area contributed by atoms with E-state index in [-0.39, 0.29) is 5.65 Å². The van der Waals surface area contributed by atoms with E-state index >= 15 is 0 Å². The molecule has 2 aromatic rings. The van der Waals surface area contributed by atoms with Crippen molar-refractivity contribution < 1.29 is 8.42 Å². The predicted octanol–water partition coefficient (Wildman–Crippen LogP) is -0.366. The second kappa shape index (κ2) is 2.49. The first kappa shape index (κ1) is 8.11. The summed E-state index contributed by atoms with van der Waals surface area (Å²) in [5.41, 5.74) is 0.769. The quantitative estimate of drug-likeness (QED) is 0.625. The molecule has 2 rings (SSSR count). The average molecular weight is 198 g/mol. The van der Waals surface area contributed by atoms with E-state index in [2.05, 4.69) is 15.2 Å². The van der Waals surface area contributed by atoms with Gasteiger partial charge in [0.15, 0.2) is 5.65 Å². The van der Waals surface area contributed by atoms with Gasteiger partial charge in [0, 0.05) is 0 Å². The molecule has 2 heterocycles. The van der Waals surface area contributed by atoms with Crippen LogP contribution in [-0.2, 0) is 10.0 Å². The zero-order chi connectivity index (χ0) is 9.47. The molecule has 0 saturated carbocycles. The van der Waals surface area contributed by atoms with Gasteiger partial charge in [-0.1, -0.05) is 0 Å². The molecule has 0 spiro atoms. The van der Waals surface area contributed by atoms with Gasteiger partial charge in [0.1, 0.15) is 11.8 Å². The average Bonchev–Trinajstić information content (AvgIpc) is 2.45. The first-order valence-electron chi connectivity index (χ1n) is 3.44. The standard InChI is InChI=1S/C6H6N4O2S/c1-13(11,12)10-4-7-5-2-3-8-9-6(5)10/h2-4H,1H3. The third-order valence-electron chi connectivity index (χ3n) is 1.55. The highest BCUT2D eigenvalue weighted by atomic mass is 32.2. The maximum absolute atomic E-state index is 11.2. The topological polar surface area (TPSA) is 77.7 Å². The van der Waals surface area contributed by atoms with Crippen LogP contribution in [0.3, 0.4) is 0 Å². The van der Waals surface area contributed by atoms with Crippen LogP contribution in [0.2, 0.25) is 0 Å². The summed E-state index contributed by atoms with van der Waals surface area (Å²) in [6, 6.07) is 1.60. The lowest BCUT2D eigenvalue weighted by Crippen LogP contribution is -2.09. The molecule has 0 bridgehead atoms. The molecule has 68 valence electrons. The van der Waals surface area contributed by atoms with Crippen LogP contribution in [0, 0.1) is 0 Å². The van der Waals surface area contributed by atoms with Gasteiger partial charge >= 0.3 is 0 Å². The van der Waals surface area contributed by atoms with Gasteiger partial charge in [0.2, 0.25) is 10.0 Å². The normalized spacial score (nSPS) is 12.1. The highest BCUT2D eigenvalue weighted by Crippen LogP contribution is 2.08. The van der Waals surface area contributed by atoms with Crippen molar-refractivity contribution >= 4 is 21.2 Å². The van der Waals surface area contributed by atoms with Gasteiger partial charge in [-0.25, -0.2) is 17.4 Å². The molecule has 6 nitrogen and oxygen atoms in total. The Balaban J connectivity index is 2.87. The fourth-order valence-electron chi connectivity index (χ4n) is 0.987. The van der Waals surface area contributed by atoms with Crippen LogP contribution in [0.5, 0.6) is 0 Å². The van der Waals surface area contributed by atoms with Crippen molar-refractivity contribution in [1.82, 2.24) is 19.2 Å². The lowest BCUT2D eigenvalue weighted by Gasteiger charge is -1.96. The Morgan fingerprint density at radius 2 is 2.23 bits per heavy atom. The first-order valence-corrected chi connectivity index (χ1v) is 5.29. The molecular formula is C6H6N4O2S. The maximum atomic E-state index is 11.2. The SMILES string of the molecule is CS(=O)(=O)n1cnc2ccnnc21. The minimum absolute atomic E-state index is 0.255. The summed E-state index contributed by atoms with van der Waals surface area (Å²) >= 11 is 0. The van der Waals surface area contributed by atoms with E-state index in [1.54, 1.807) is 6.07 Å². The highest BCUT2D eigenvalue weighted by molar-refractivity contribution is 7.89. The van der Waals surface area contributed by atoms with Crippen molar-refractivity contribution in [2.45, 2.75) is 0 Å². The summed E-state index contributed by atoms with van der Waals surface area (Å²) < 4.78 is 23.3.